The largest absolute Gasteiger partial charge is 0.359 e. The van der Waals surface area contributed by atoms with Crippen LogP contribution in [0.1, 0.15) is 5.69 Å². The number of nitrogens with one attached hydrogen (secondary N) is 1. The Morgan fingerprint density at radius 1 is 1.64 bits per heavy atom. The maximum absolute atomic E-state index is 10.8. The molecule has 0 saturated carbocycles. The third kappa shape index (κ3) is 2.37. The van der Waals surface area contributed by atoms with Crippen LogP contribution in [-0.2, 0) is 11.2 Å². The van der Waals surface area contributed by atoms with Gasteiger partial charge < -0.3 is 5.32 Å². The van der Waals surface area contributed by atoms with E-state index in [1.54, 1.807) is 13.2 Å². The summed E-state index contributed by atoms with van der Waals surface area (Å²) in [5, 5.41) is 2.53. The van der Waals surface area contributed by atoms with Crippen molar-refractivity contribution in [3.63, 3.8) is 0 Å². The molecule has 0 aliphatic carbocycles. The van der Waals surface area contributed by atoms with E-state index in [2.05, 4.69) is 10.3 Å². The summed E-state index contributed by atoms with van der Waals surface area (Å²) in [5.74, 6) is -0.0105. The smallest absolute Gasteiger partial charge is 0.225 e. The van der Waals surface area contributed by atoms with E-state index >= 15 is 0 Å². The van der Waals surface area contributed by atoms with Crippen molar-refractivity contribution in [3.8, 4) is 0 Å². The van der Waals surface area contributed by atoms with Gasteiger partial charge in [-0.15, -0.1) is 0 Å². The molecule has 0 aliphatic heterocycles. The lowest BCUT2D eigenvalue weighted by atomic mass is 10.2. The van der Waals surface area contributed by atoms with Gasteiger partial charge in [0.05, 0.1) is 6.42 Å². The number of hydrogen-bond acceptors (Lipinski definition) is 2. The van der Waals surface area contributed by atoms with Gasteiger partial charge in [-0.3, -0.25) is 9.78 Å². The first kappa shape index (κ1) is 7.72. The standard InChI is InChI=1S/C8H10N2O/c1-9-8(11)6-7-4-2-3-5-10-7/h2-5H,6H2,1H3,(H,9,11). The molecule has 58 valence electrons. The van der Waals surface area contributed by atoms with E-state index < -0.39 is 0 Å². The van der Waals surface area contributed by atoms with Crippen LogP contribution in [0, 0.1) is 0 Å². The molecule has 1 rings (SSSR count). The van der Waals surface area contributed by atoms with Crippen LogP contribution in [0.2, 0.25) is 0 Å². The Hall–Kier alpha value is -1.38. The topological polar surface area (TPSA) is 42.0 Å². The molecule has 1 amide bonds. The second kappa shape index (κ2) is 3.71. The summed E-state index contributed by atoms with van der Waals surface area (Å²) >= 11 is 0. The SMILES string of the molecule is CNC(=O)Cc1ccccn1. The zero-order valence-electron chi connectivity index (χ0n) is 6.37. The molecule has 0 spiro atoms. The predicted molar refractivity (Wildman–Crippen MR) is 42.0 cm³/mol. The molecule has 0 atom stereocenters. The normalized spacial score (nSPS) is 9.18. The molecule has 0 radical (unpaired) electrons. The van der Waals surface area contributed by atoms with Crippen LogP contribution in [-0.4, -0.2) is 17.9 Å². The summed E-state index contributed by atoms with van der Waals surface area (Å²) in [6, 6.07) is 5.52. The van der Waals surface area contributed by atoms with Gasteiger partial charge in [-0.2, -0.15) is 0 Å². The van der Waals surface area contributed by atoms with Gasteiger partial charge in [-0.05, 0) is 12.1 Å². The number of rotatable bonds is 2. The third-order valence-corrected chi connectivity index (χ3v) is 1.35. The van der Waals surface area contributed by atoms with Crippen LogP contribution < -0.4 is 5.32 Å². The predicted octanol–water partition coefficient (Wildman–Crippen LogP) is 0.370. The monoisotopic (exact) mass is 150 g/mol. The minimum Gasteiger partial charge on any atom is -0.359 e. The molecule has 11 heavy (non-hydrogen) atoms. The van der Waals surface area contributed by atoms with Crippen molar-refractivity contribution in [1.29, 1.82) is 0 Å². The molecule has 3 nitrogen and oxygen atoms in total. The van der Waals surface area contributed by atoms with E-state index in [0.29, 0.717) is 6.42 Å². The molecule has 0 aliphatic rings. The van der Waals surface area contributed by atoms with Crippen molar-refractivity contribution in [2.45, 2.75) is 6.42 Å². The van der Waals surface area contributed by atoms with Gasteiger partial charge in [0.2, 0.25) is 5.91 Å². The maximum atomic E-state index is 10.8. The first-order valence-electron chi connectivity index (χ1n) is 3.43. The van der Waals surface area contributed by atoms with Crippen molar-refractivity contribution < 1.29 is 4.79 Å². The highest BCUT2D eigenvalue weighted by molar-refractivity contribution is 5.77. The molecule has 1 heterocycles. The number of pyridine rings is 1. The summed E-state index contributed by atoms with van der Waals surface area (Å²) < 4.78 is 0. The molecule has 0 aromatic carbocycles. The zero-order valence-corrected chi connectivity index (χ0v) is 6.37. The lowest BCUT2D eigenvalue weighted by Crippen LogP contribution is -2.20. The Morgan fingerprint density at radius 2 is 2.45 bits per heavy atom. The summed E-state index contributed by atoms with van der Waals surface area (Å²) in [7, 11) is 1.62. The molecule has 1 aromatic rings. The quantitative estimate of drug-likeness (QED) is 0.661. The van der Waals surface area contributed by atoms with Crippen molar-refractivity contribution in [2.75, 3.05) is 7.05 Å². The van der Waals surface area contributed by atoms with Crippen molar-refractivity contribution >= 4 is 5.91 Å². The molecule has 0 fully saturated rings. The zero-order chi connectivity index (χ0) is 8.10. The maximum Gasteiger partial charge on any atom is 0.225 e. The van der Waals surface area contributed by atoms with E-state index in [4.69, 9.17) is 0 Å². The van der Waals surface area contributed by atoms with E-state index in [-0.39, 0.29) is 5.91 Å². The van der Waals surface area contributed by atoms with Crippen LogP contribution in [0.3, 0.4) is 0 Å². The number of carbonyl (C=O) groups excluding carboxylic acids is 1. The number of aromatic nitrogens is 1. The van der Waals surface area contributed by atoms with Gasteiger partial charge in [0.25, 0.3) is 0 Å². The van der Waals surface area contributed by atoms with E-state index in [0.717, 1.165) is 5.69 Å². The van der Waals surface area contributed by atoms with E-state index in [1.165, 1.54) is 0 Å². The van der Waals surface area contributed by atoms with E-state index in [1.807, 2.05) is 18.2 Å². The van der Waals surface area contributed by atoms with Gasteiger partial charge in [-0.1, -0.05) is 6.07 Å². The molecular formula is C8H10N2O. The fourth-order valence-electron chi connectivity index (χ4n) is 0.756. The summed E-state index contributed by atoms with van der Waals surface area (Å²) in [4.78, 5) is 14.8. The minimum absolute atomic E-state index is 0.0105. The molecule has 3 heteroatoms. The average Bonchev–Trinajstić information content (AvgIpc) is 2.06. The van der Waals surface area contributed by atoms with E-state index in [9.17, 15) is 4.79 Å². The fraction of sp³-hybridized carbons (Fsp3) is 0.250. The van der Waals surface area contributed by atoms with Crippen molar-refractivity contribution in [3.05, 3.63) is 30.1 Å². The average molecular weight is 150 g/mol. The molecule has 0 bridgehead atoms. The number of amides is 1. The third-order valence-electron chi connectivity index (χ3n) is 1.35. The number of likely N-dealkylation sites (N-methyl/N-ethyl adjacent to an activating group) is 1. The fourth-order valence-corrected chi connectivity index (χ4v) is 0.756. The second-order valence-electron chi connectivity index (χ2n) is 2.17. The van der Waals surface area contributed by atoms with Gasteiger partial charge in [-0.25, -0.2) is 0 Å². The van der Waals surface area contributed by atoms with Crippen LogP contribution in [0.25, 0.3) is 0 Å². The summed E-state index contributed by atoms with van der Waals surface area (Å²) in [6.07, 6.45) is 2.04. The Balaban J connectivity index is 2.58. The molecular weight excluding hydrogens is 140 g/mol. The number of hydrogen-bond donors (Lipinski definition) is 1. The molecule has 1 N–H and O–H groups in total. The molecule has 0 unspecified atom stereocenters. The van der Waals surface area contributed by atoms with Gasteiger partial charge in [0.15, 0.2) is 0 Å². The highest BCUT2D eigenvalue weighted by Gasteiger charge is 1.99. The number of nitrogens with zero attached hydrogens (tertiary/aromatic N) is 1. The van der Waals surface area contributed by atoms with Crippen LogP contribution in [0.5, 0.6) is 0 Å². The molecule has 0 saturated heterocycles. The van der Waals surface area contributed by atoms with Gasteiger partial charge >= 0.3 is 0 Å². The first-order valence-corrected chi connectivity index (χ1v) is 3.43. The lowest BCUT2D eigenvalue weighted by molar-refractivity contribution is -0.120. The van der Waals surface area contributed by atoms with Crippen LogP contribution in [0.4, 0.5) is 0 Å². The first-order chi connectivity index (χ1) is 5.33. The number of carbonyl (C=O) groups is 1. The van der Waals surface area contributed by atoms with Crippen LogP contribution in [0.15, 0.2) is 24.4 Å². The van der Waals surface area contributed by atoms with Crippen molar-refractivity contribution in [2.24, 2.45) is 0 Å². The summed E-state index contributed by atoms with van der Waals surface area (Å²) in [6.45, 7) is 0. The lowest BCUT2D eigenvalue weighted by Gasteiger charge is -1.97. The van der Waals surface area contributed by atoms with Gasteiger partial charge in [0.1, 0.15) is 0 Å². The Kier molecular flexibility index (Phi) is 2.60. The van der Waals surface area contributed by atoms with Crippen molar-refractivity contribution in [1.82, 2.24) is 10.3 Å². The highest BCUT2D eigenvalue weighted by Crippen LogP contribution is 1.93. The molecule has 1 aromatic heterocycles. The second-order valence-corrected chi connectivity index (χ2v) is 2.17. The van der Waals surface area contributed by atoms with Gasteiger partial charge in [0, 0.05) is 18.9 Å². The Bertz CT molecular complexity index is 233. The van der Waals surface area contributed by atoms with Crippen LogP contribution >= 0.6 is 0 Å². The Morgan fingerprint density at radius 3 is 3.00 bits per heavy atom. The summed E-state index contributed by atoms with van der Waals surface area (Å²) in [5.41, 5.74) is 0.798. The Labute approximate surface area is 65.5 Å². The highest BCUT2D eigenvalue weighted by atomic mass is 16.1. The minimum atomic E-state index is -0.0105.